The minimum Gasteiger partial charge on any atom is -0.493 e. The van der Waals surface area contributed by atoms with Crippen molar-refractivity contribution in [3.05, 3.63) is 24.3 Å². The van der Waals surface area contributed by atoms with Crippen molar-refractivity contribution in [3.63, 3.8) is 0 Å². The Labute approximate surface area is 76.3 Å². The highest BCUT2D eigenvalue weighted by molar-refractivity contribution is 7.60. The van der Waals surface area contributed by atoms with E-state index in [9.17, 15) is 4.57 Å². The Hall–Kier alpha value is -0.830. The molecule has 0 aliphatic heterocycles. The summed E-state index contributed by atoms with van der Waals surface area (Å²) >= 11 is 0. The maximum atomic E-state index is 10.9. The predicted molar refractivity (Wildman–Crippen MR) is 49.3 cm³/mol. The predicted octanol–water partition coefficient (Wildman–Crippen LogP) is 0.888. The van der Waals surface area contributed by atoms with Gasteiger partial charge < -0.3 is 14.5 Å². The molecule has 0 heterocycles. The van der Waals surface area contributed by atoms with Crippen LogP contribution in [0.3, 0.4) is 0 Å². The van der Waals surface area contributed by atoms with Crippen molar-refractivity contribution >= 4 is 12.9 Å². The van der Waals surface area contributed by atoms with Crippen molar-refractivity contribution in [2.45, 2.75) is 6.92 Å². The molecule has 0 spiro atoms. The van der Waals surface area contributed by atoms with Gasteiger partial charge in [-0.3, -0.25) is 4.57 Å². The topological polar surface area (TPSA) is 66.8 Å². The van der Waals surface area contributed by atoms with Crippen LogP contribution in [0.1, 0.15) is 6.92 Å². The summed E-state index contributed by atoms with van der Waals surface area (Å²) in [6, 6.07) is 6.14. The zero-order chi connectivity index (χ0) is 9.90. The van der Waals surface area contributed by atoms with E-state index < -0.39 is 7.60 Å². The number of benzene rings is 1. The zero-order valence-corrected chi connectivity index (χ0v) is 8.07. The molecule has 4 nitrogen and oxygen atoms in total. The third-order valence-electron chi connectivity index (χ3n) is 1.48. The van der Waals surface area contributed by atoms with Crippen molar-refractivity contribution in [2.24, 2.45) is 0 Å². The fraction of sp³-hybridized carbons (Fsp3) is 0.250. The number of rotatable bonds is 3. The zero-order valence-electron chi connectivity index (χ0n) is 7.17. The van der Waals surface area contributed by atoms with Crippen LogP contribution in [0.2, 0.25) is 0 Å². The summed E-state index contributed by atoms with van der Waals surface area (Å²) in [5.41, 5.74) is 0. The lowest BCUT2D eigenvalue weighted by Gasteiger charge is -2.10. The second-order valence-electron chi connectivity index (χ2n) is 2.44. The Bertz CT molecular complexity index is 331. The molecule has 72 valence electrons. The van der Waals surface area contributed by atoms with Gasteiger partial charge in [-0.05, 0) is 19.1 Å². The SMILES string of the molecule is CCOc1ccccc1P(=O)(O)O. The average Bonchev–Trinajstić information content (AvgIpc) is 2.04. The number of para-hydroxylation sites is 1. The smallest absolute Gasteiger partial charge is 0.359 e. The molecule has 5 heteroatoms. The van der Waals surface area contributed by atoms with Crippen LogP contribution in [-0.2, 0) is 4.57 Å². The Kier molecular flexibility index (Phi) is 3.09. The van der Waals surface area contributed by atoms with Gasteiger partial charge in [0.1, 0.15) is 11.1 Å². The molecule has 0 bridgehead atoms. The second-order valence-corrected chi connectivity index (χ2v) is 4.01. The second kappa shape index (κ2) is 3.92. The minimum atomic E-state index is -4.21. The third kappa shape index (κ3) is 2.56. The Morgan fingerprint density at radius 2 is 2.00 bits per heavy atom. The third-order valence-corrected chi connectivity index (χ3v) is 2.48. The van der Waals surface area contributed by atoms with E-state index in [0.29, 0.717) is 6.61 Å². The van der Waals surface area contributed by atoms with Crippen LogP contribution >= 0.6 is 7.60 Å². The van der Waals surface area contributed by atoms with Gasteiger partial charge in [0, 0.05) is 0 Å². The lowest BCUT2D eigenvalue weighted by molar-refractivity contribution is 0.339. The van der Waals surface area contributed by atoms with Crippen LogP contribution < -0.4 is 10.0 Å². The van der Waals surface area contributed by atoms with E-state index in [4.69, 9.17) is 14.5 Å². The van der Waals surface area contributed by atoms with Crippen molar-refractivity contribution in [3.8, 4) is 5.75 Å². The summed E-state index contributed by atoms with van der Waals surface area (Å²) in [7, 11) is -4.21. The van der Waals surface area contributed by atoms with Gasteiger partial charge in [0.2, 0.25) is 0 Å². The molecule has 2 N–H and O–H groups in total. The highest BCUT2D eigenvalue weighted by Gasteiger charge is 2.21. The molecular weight excluding hydrogens is 191 g/mol. The van der Waals surface area contributed by atoms with Crippen LogP contribution in [0.25, 0.3) is 0 Å². The molecule has 0 unspecified atom stereocenters. The molecule has 0 aliphatic rings. The molecule has 0 aliphatic carbocycles. The molecule has 1 aromatic rings. The molecule has 0 aromatic heterocycles. The summed E-state index contributed by atoms with van der Waals surface area (Å²) in [5, 5.41) is -0.0585. The fourth-order valence-corrected chi connectivity index (χ4v) is 1.68. The van der Waals surface area contributed by atoms with E-state index in [1.807, 2.05) is 0 Å². The summed E-state index contributed by atoms with van der Waals surface area (Å²) in [4.78, 5) is 17.9. The van der Waals surface area contributed by atoms with E-state index in [2.05, 4.69) is 0 Å². The average molecular weight is 202 g/mol. The maximum absolute atomic E-state index is 10.9. The van der Waals surface area contributed by atoms with Crippen molar-refractivity contribution < 1.29 is 19.1 Å². The first-order valence-corrected chi connectivity index (χ1v) is 5.45. The summed E-state index contributed by atoms with van der Waals surface area (Å²) in [6.07, 6.45) is 0. The van der Waals surface area contributed by atoms with Gasteiger partial charge in [0.25, 0.3) is 0 Å². The first kappa shape index (κ1) is 10.3. The van der Waals surface area contributed by atoms with Crippen molar-refractivity contribution in [2.75, 3.05) is 6.61 Å². The van der Waals surface area contributed by atoms with Gasteiger partial charge in [-0.1, -0.05) is 12.1 Å². The van der Waals surface area contributed by atoms with Gasteiger partial charge in [0.15, 0.2) is 0 Å². The van der Waals surface area contributed by atoms with E-state index >= 15 is 0 Å². The van der Waals surface area contributed by atoms with E-state index in [-0.39, 0.29) is 11.1 Å². The van der Waals surface area contributed by atoms with Crippen LogP contribution in [0.15, 0.2) is 24.3 Å². The van der Waals surface area contributed by atoms with Crippen LogP contribution in [0.4, 0.5) is 0 Å². The highest BCUT2D eigenvalue weighted by atomic mass is 31.2. The quantitative estimate of drug-likeness (QED) is 0.714. The molecule has 0 saturated heterocycles. The normalized spacial score (nSPS) is 11.3. The van der Waals surface area contributed by atoms with E-state index in [0.717, 1.165) is 0 Å². The standard InChI is InChI=1S/C8H11O4P/c1-2-12-7-5-3-4-6-8(7)13(9,10)11/h3-6H,2H2,1H3,(H2,9,10,11). The van der Waals surface area contributed by atoms with Gasteiger partial charge in [0.05, 0.1) is 6.61 Å². The molecule has 1 aromatic carbocycles. The van der Waals surface area contributed by atoms with Crippen LogP contribution in [0.5, 0.6) is 5.75 Å². The van der Waals surface area contributed by atoms with Crippen molar-refractivity contribution in [1.29, 1.82) is 0 Å². The van der Waals surface area contributed by atoms with Gasteiger partial charge >= 0.3 is 7.60 Å². The molecule has 0 amide bonds. The molecule has 1 rings (SSSR count). The van der Waals surface area contributed by atoms with E-state index in [1.54, 1.807) is 19.1 Å². The van der Waals surface area contributed by atoms with Crippen LogP contribution in [0, 0.1) is 0 Å². The highest BCUT2D eigenvalue weighted by Crippen LogP contribution is 2.36. The van der Waals surface area contributed by atoms with Crippen LogP contribution in [-0.4, -0.2) is 16.4 Å². The Morgan fingerprint density at radius 1 is 1.38 bits per heavy atom. The first-order chi connectivity index (χ1) is 6.05. The molecular formula is C8H11O4P. The Balaban J connectivity index is 3.12. The first-order valence-electron chi connectivity index (χ1n) is 3.83. The summed E-state index contributed by atoms with van der Waals surface area (Å²) in [5.74, 6) is 0.248. The number of ether oxygens (including phenoxy) is 1. The van der Waals surface area contributed by atoms with E-state index in [1.165, 1.54) is 12.1 Å². The Morgan fingerprint density at radius 3 is 2.54 bits per heavy atom. The van der Waals surface area contributed by atoms with Crippen molar-refractivity contribution in [1.82, 2.24) is 0 Å². The van der Waals surface area contributed by atoms with Gasteiger partial charge in [-0.15, -0.1) is 0 Å². The summed E-state index contributed by atoms with van der Waals surface area (Å²) in [6.45, 7) is 2.15. The fourth-order valence-electron chi connectivity index (χ4n) is 0.975. The molecule has 13 heavy (non-hydrogen) atoms. The molecule has 0 atom stereocenters. The van der Waals surface area contributed by atoms with Gasteiger partial charge in [-0.25, -0.2) is 0 Å². The molecule has 0 fully saturated rings. The largest absolute Gasteiger partial charge is 0.493 e. The summed E-state index contributed by atoms with van der Waals surface area (Å²) < 4.78 is 16.0. The number of hydrogen-bond donors (Lipinski definition) is 2. The lowest BCUT2D eigenvalue weighted by Crippen LogP contribution is -2.09. The molecule has 0 radical (unpaired) electrons. The monoisotopic (exact) mass is 202 g/mol. The lowest BCUT2D eigenvalue weighted by atomic mass is 10.3. The molecule has 0 saturated carbocycles. The minimum absolute atomic E-state index is 0.0585. The number of hydrogen-bond acceptors (Lipinski definition) is 2. The van der Waals surface area contributed by atoms with Gasteiger partial charge in [-0.2, -0.15) is 0 Å². The maximum Gasteiger partial charge on any atom is 0.359 e.